The molecular formula is C15H24N4S. The topological polar surface area (TPSA) is 53.6 Å². The predicted octanol–water partition coefficient (Wildman–Crippen LogP) is 2.96. The van der Waals surface area contributed by atoms with Crippen LogP contribution in [0.5, 0.6) is 0 Å². The van der Waals surface area contributed by atoms with Crippen molar-refractivity contribution in [3.8, 4) is 6.07 Å². The van der Waals surface area contributed by atoms with Gasteiger partial charge in [0.2, 0.25) is 0 Å². The molecule has 1 aliphatic rings. The number of aryl methyl sites for hydroxylation is 1. The lowest BCUT2D eigenvalue weighted by molar-refractivity contribution is 0.311. The smallest absolute Gasteiger partial charge is 0.109 e. The van der Waals surface area contributed by atoms with Crippen LogP contribution in [-0.4, -0.2) is 27.6 Å². The Kier molecular flexibility index (Phi) is 5.50. The molecule has 0 spiro atoms. The van der Waals surface area contributed by atoms with Gasteiger partial charge in [-0.2, -0.15) is 10.4 Å². The molecule has 0 bridgehead atoms. The van der Waals surface area contributed by atoms with Crippen LogP contribution < -0.4 is 5.32 Å². The SMILES string of the molecule is CCCNC1(C#N)CCCC1CCSc1cnn(C)c1. The van der Waals surface area contributed by atoms with Crippen molar-refractivity contribution in [1.82, 2.24) is 15.1 Å². The van der Waals surface area contributed by atoms with E-state index in [1.807, 2.05) is 35.9 Å². The molecule has 0 aromatic carbocycles. The van der Waals surface area contributed by atoms with Crippen LogP contribution in [0.25, 0.3) is 0 Å². The van der Waals surface area contributed by atoms with E-state index < -0.39 is 0 Å². The summed E-state index contributed by atoms with van der Waals surface area (Å²) in [7, 11) is 1.94. The van der Waals surface area contributed by atoms with E-state index in [9.17, 15) is 5.26 Å². The molecule has 20 heavy (non-hydrogen) atoms. The second kappa shape index (κ2) is 7.14. The minimum atomic E-state index is -0.272. The molecule has 2 rings (SSSR count). The zero-order valence-corrected chi connectivity index (χ0v) is 13.2. The number of thioether (sulfide) groups is 1. The van der Waals surface area contributed by atoms with Gasteiger partial charge in [-0.15, -0.1) is 11.8 Å². The number of nitrogens with zero attached hydrogens (tertiary/aromatic N) is 3. The summed E-state index contributed by atoms with van der Waals surface area (Å²) >= 11 is 1.84. The largest absolute Gasteiger partial charge is 0.299 e. The normalized spacial score (nSPS) is 25.8. The highest BCUT2D eigenvalue weighted by molar-refractivity contribution is 7.99. The fourth-order valence-electron chi connectivity index (χ4n) is 3.03. The first-order valence-electron chi connectivity index (χ1n) is 7.48. The molecule has 2 unspecified atom stereocenters. The molecule has 110 valence electrons. The minimum absolute atomic E-state index is 0.272. The average molecular weight is 292 g/mol. The summed E-state index contributed by atoms with van der Waals surface area (Å²) in [5.41, 5.74) is -0.272. The molecule has 1 aromatic rings. The zero-order chi connectivity index (χ0) is 14.4. The fraction of sp³-hybridized carbons (Fsp3) is 0.733. The summed E-state index contributed by atoms with van der Waals surface area (Å²) < 4.78 is 1.83. The average Bonchev–Trinajstić information content (AvgIpc) is 3.04. The Morgan fingerprint density at radius 1 is 1.65 bits per heavy atom. The highest BCUT2D eigenvalue weighted by Gasteiger charge is 2.42. The Labute approximate surface area is 125 Å². The maximum absolute atomic E-state index is 9.60. The summed E-state index contributed by atoms with van der Waals surface area (Å²) in [5.74, 6) is 1.55. The van der Waals surface area contributed by atoms with E-state index in [1.165, 1.54) is 17.7 Å². The molecule has 0 radical (unpaired) electrons. The molecule has 0 saturated heterocycles. The number of nitriles is 1. The van der Waals surface area contributed by atoms with Crippen LogP contribution in [0.1, 0.15) is 39.0 Å². The van der Waals surface area contributed by atoms with Crippen molar-refractivity contribution in [1.29, 1.82) is 5.26 Å². The minimum Gasteiger partial charge on any atom is -0.299 e. The highest BCUT2D eigenvalue weighted by Crippen LogP contribution is 2.38. The Bertz CT molecular complexity index is 465. The van der Waals surface area contributed by atoms with Crippen LogP contribution in [0.4, 0.5) is 0 Å². The number of hydrogen-bond donors (Lipinski definition) is 1. The molecule has 2 atom stereocenters. The van der Waals surface area contributed by atoms with Gasteiger partial charge < -0.3 is 0 Å². The van der Waals surface area contributed by atoms with Crippen LogP contribution in [0.2, 0.25) is 0 Å². The maximum atomic E-state index is 9.60. The van der Waals surface area contributed by atoms with E-state index in [2.05, 4.69) is 23.4 Å². The summed E-state index contributed by atoms with van der Waals surface area (Å²) in [4.78, 5) is 1.22. The summed E-state index contributed by atoms with van der Waals surface area (Å²) in [6.07, 6.45) is 9.50. The number of hydrogen-bond acceptors (Lipinski definition) is 4. The fourth-order valence-corrected chi connectivity index (χ4v) is 4.02. The molecule has 1 fully saturated rings. The van der Waals surface area contributed by atoms with Crippen LogP contribution in [0.15, 0.2) is 17.3 Å². The van der Waals surface area contributed by atoms with Crippen molar-refractivity contribution < 1.29 is 0 Å². The molecule has 0 aliphatic heterocycles. The third-order valence-corrected chi connectivity index (χ3v) is 5.11. The van der Waals surface area contributed by atoms with Gasteiger partial charge in [-0.05, 0) is 43.9 Å². The lowest BCUT2D eigenvalue weighted by Crippen LogP contribution is -2.47. The monoisotopic (exact) mass is 292 g/mol. The summed E-state index contributed by atoms with van der Waals surface area (Å²) in [6.45, 7) is 3.10. The van der Waals surface area contributed by atoms with E-state index in [4.69, 9.17) is 0 Å². The second-order valence-electron chi connectivity index (χ2n) is 5.59. The van der Waals surface area contributed by atoms with Gasteiger partial charge in [0.05, 0.1) is 12.3 Å². The summed E-state index contributed by atoms with van der Waals surface area (Å²) in [6, 6.07) is 2.58. The zero-order valence-electron chi connectivity index (χ0n) is 12.4. The van der Waals surface area contributed by atoms with Gasteiger partial charge in [-0.1, -0.05) is 13.3 Å². The molecule has 0 amide bonds. The van der Waals surface area contributed by atoms with Gasteiger partial charge in [0.15, 0.2) is 0 Å². The van der Waals surface area contributed by atoms with Crippen molar-refractivity contribution >= 4 is 11.8 Å². The van der Waals surface area contributed by atoms with Crippen LogP contribution >= 0.6 is 11.8 Å². The van der Waals surface area contributed by atoms with Gasteiger partial charge in [0.1, 0.15) is 5.54 Å². The van der Waals surface area contributed by atoms with Gasteiger partial charge in [0.25, 0.3) is 0 Å². The van der Waals surface area contributed by atoms with Crippen LogP contribution in [0.3, 0.4) is 0 Å². The predicted molar refractivity (Wildman–Crippen MR) is 82.5 cm³/mol. The Hall–Kier alpha value is -0.990. The summed E-state index contributed by atoms with van der Waals surface area (Å²) in [5, 5.41) is 17.3. The molecule has 4 nitrogen and oxygen atoms in total. The highest BCUT2D eigenvalue weighted by atomic mass is 32.2. The Morgan fingerprint density at radius 3 is 3.15 bits per heavy atom. The first-order valence-corrected chi connectivity index (χ1v) is 8.46. The number of aromatic nitrogens is 2. The van der Waals surface area contributed by atoms with Crippen LogP contribution in [-0.2, 0) is 7.05 Å². The molecule has 1 heterocycles. The number of rotatable bonds is 7. The molecule has 1 N–H and O–H groups in total. The lowest BCUT2D eigenvalue weighted by Gasteiger charge is -2.29. The quantitative estimate of drug-likeness (QED) is 0.785. The second-order valence-corrected chi connectivity index (χ2v) is 6.75. The van der Waals surface area contributed by atoms with Gasteiger partial charge in [-0.3, -0.25) is 10.00 Å². The first-order chi connectivity index (χ1) is 9.70. The third-order valence-electron chi connectivity index (χ3n) is 4.13. The van der Waals surface area contributed by atoms with E-state index in [0.717, 1.165) is 31.6 Å². The van der Waals surface area contributed by atoms with Gasteiger partial charge in [0, 0.05) is 18.1 Å². The number of nitrogens with one attached hydrogen (secondary N) is 1. The molecule has 1 aliphatic carbocycles. The van der Waals surface area contributed by atoms with E-state index in [-0.39, 0.29) is 5.54 Å². The maximum Gasteiger partial charge on any atom is 0.109 e. The molecular weight excluding hydrogens is 268 g/mol. The Morgan fingerprint density at radius 2 is 2.50 bits per heavy atom. The third kappa shape index (κ3) is 3.56. The van der Waals surface area contributed by atoms with E-state index in [0.29, 0.717) is 5.92 Å². The van der Waals surface area contributed by atoms with E-state index >= 15 is 0 Å². The van der Waals surface area contributed by atoms with E-state index in [1.54, 1.807) is 0 Å². The van der Waals surface area contributed by atoms with Crippen molar-refractivity contribution in [2.24, 2.45) is 13.0 Å². The molecule has 5 heteroatoms. The standard InChI is InChI=1S/C15H24N4S/c1-3-8-17-15(12-16)7-4-5-13(15)6-9-20-14-10-18-19(2)11-14/h10-11,13,17H,3-9H2,1-2H3. The van der Waals surface area contributed by atoms with Gasteiger partial charge in [-0.25, -0.2) is 0 Å². The van der Waals surface area contributed by atoms with Crippen molar-refractivity contribution in [3.63, 3.8) is 0 Å². The Balaban J connectivity index is 1.85. The van der Waals surface area contributed by atoms with Crippen LogP contribution in [0, 0.1) is 17.2 Å². The van der Waals surface area contributed by atoms with Crippen molar-refractivity contribution in [3.05, 3.63) is 12.4 Å². The lowest BCUT2D eigenvalue weighted by atomic mass is 9.86. The molecule has 1 aromatic heterocycles. The van der Waals surface area contributed by atoms with Gasteiger partial charge >= 0.3 is 0 Å². The van der Waals surface area contributed by atoms with Crippen molar-refractivity contribution in [2.45, 2.75) is 49.5 Å². The molecule has 1 saturated carbocycles. The van der Waals surface area contributed by atoms with Crippen molar-refractivity contribution in [2.75, 3.05) is 12.3 Å². The first kappa shape index (κ1) is 15.4.